The fourth-order valence-electron chi connectivity index (χ4n) is 1.34. The van der Waals surface area contributed by atoms with Crippen LogP contribution in [-0.4, -0.2) is 18.1 Å². The average Bonchev–Trinajstić information content (AvgIpc) is 2.33. The van der Waals surface area contributed by atoms with Crippen LogP contribution in [0.15, 0.2) is 22.7 Å². The maximum atomic E-state index is 11.8. The first-order chi connectivity index (χ1) is 8.45. The lowest BCUT2D eigenvalue weighted by atomic mass is 10.2. The summed E-state index contributed by atoms with van der Waals surface area (Å²) in [7, 11) is 0. The topological polar surface area (TPSA) is 64.3 Å². The zero-order valence-electron chi connectivity index (χ0n) is 10.9. The van der Waals surface area contributed by atoms with Crippen molar-refractivity contribution in [2.45, 2.75) is 39.3 Å². The number of benzene rings is 1. The van der Waals surface area contributed by atoms with Gasteiger partial charge in [0.05, 0.1) is 10.2 Å². The van der Waals surface area contributed by atoms with E-state index in [-0.39, 0.29) is 11.9 Å². The van der Waals surface area contributed by atoms with Crippen molar-refractivity contribution < 1.29 is 9.53 Å². The van der Waals surface area contributed by atoms with Gasteiger partial charge in [0.15, 0.2) is 11.9 Å². The molecule has 1 aromatic carbocycles. The second-order valence-electron chi connectivity index (χ2n) is 4.24. The third-order valence-corrected chi connectivity index (χ3v) is 3.29. The van der Waals surface area contributed by atoms with Gasteiger partial charge in [-0.05, 0) is 48.3 Å². The number of amides is 1. The van der Waals surface area contributed by atoms with Gasteiger partial charge in [0.1, 0.15) is 0 Å². The van der Waals surface area contributed by atoms with Crippen molar-refractivity contribution >= 4 is 27.5 Å². The number of anilines is 1. The van der Waals surface area contributed by atoms with E-state index in [1.165, 1.54) is 0 Å². The van der Waals surface area contributed by atoms with Crippen LogP contribution in [0, 0.1) is 0 Å². The van der Waals surface area contributed by atoms with Crippen LogP contribution in [-0.2, 0) is 4.79 Å². The number of carbonyl (C=O) groups excluding carboxylic acids is 1. The normalized spacial score (nSPS) is 13.8. The van der Waals surface area contributed by atoms with Crippen molar-refractivity contribution in [3.63, 3.8) is 0 Å². The Bertz CT molecular complexity index is 403. The highest BCUT2D eigenvalue weighted by molar-refractivity contribution is 9.10. The highest BCUT2D eigenvalue weighted by Crippen LogP contribution is 2.31. The van der Waals surface area contributed by atoms with Gasteiger partial charge in [0, 0.05) is 6.04 Å². The maximum Gasteiger partial charge on any atom is 0.260 e. The quantitative estimate of drug-likeness (QED) is 0.821. The second-order valence-corrected chi connectivity index (χ2v) is 5.09. The molecular weight excluding hydrogens is 296 g/mol. The van der Waals surface area contributed by atoms with Crippen molar-refractivity contribution in [1.82, 2.24) is 5.32 Å². The minimum Gasteiger partial charge on any atom is -0.478 e. The Labute approximate surface area is 116 Å². The number of nitrogens with two attached hydrogens (primary N) is 1. The summed E-state index contributed by atoms with van der Waals surface area (Å²) < 4.78 is 6.34. The third kappa shape index (κ3) is 3.91. The van der Waals surface area contributed by atoms with Crippen molar-refractivity contribution in [3.8, 4) is 5.75 Å². The molecule has 1 rings (SSSR count). The molecule has 0 aromatic heterocycles. The molecule has 0 saturated carbocycles. The van der Waals surface area contributed by atoms with E-state index in [9.17, 15) is 4.79 Å². The zero-order chi connectivity index (χ0) is 13.7. The van der Waals surface area contributed by atoms with Gasteiger partial charge in [-0.1, -0.05) is 13.0 Å². The molecule has 18 heavy (non-hydrogen) atoms. The first-order valence-electron chi connectivity index (χ1n) is 5.96. The minimum atomic E-state index is -0.583. The molecule has 0 aliphatic rings. The number of nitrogen functional groups attached to an aromatic ring is 1. The monoisotopic (exact) mass is 314 g/mol. The van der Waals surface area contributed by atoms with Gasteiger partial charge < -0.3 is 15.8 Å². The smallest absolute Gasteiger partial charge is 0.260 e. The molecule has 3 N–H and O–H groups in total. The van der Waals surface area contributed by atoms with Crippen LogP contribution in [0.3, 0.4) is 0 Å². The van der Waals surface area contributed by atoms with Gasteiger partial charge in [-0.2, -0.15) is 0 Å². The Balaban J connectivity index is 2.70. The lowest BCUT2D eigenvalue weighted by Crippen LogP contribution is -2.41. The molecule has 5 heteroatoms. The highest BCUT2D eigenvalue weighted by atomic mass is 79.9. The maximum absolute atomic E-state index is 11.8. The fourth-order valence-corrected chi connectivity index (χ4v) is 1.82. The van der Waals surface area contributed by atoms with Crippen molar-refractivity contribution in [2.75, 3.05) is 5.73 Å². The van der Waals surface area contributed by atoms with E-state index in [4.69, 9.17) is 10.5 Å². The van der Waals surface area contributed by atoms with E-state index in [0.717, 1.165) is 10.9 Å². The van der Waals surface area contributed by atoms with Crippen LogP contribution in [0.4, 0.5) is 5.69 Å². The van der Waals surface area contributed by atoms with Crippen LogP contribution >= 0.6 is 15.9 Å². The Morgan fingerprint density at radius 3 is 2.72 bits per heavy atom. The summed E-state index contributed by atoms with van der Waals surface area (Å²) in [6.07, 6.45) is 0.301. The van der Waals surface area contributed by atoms with Crippen LogP contribution < -0.4 is 15.8 Å². The Hall–Kier alpha value is -1.23. The van der Waals surface area contributed by atoms with E-state index in [2.05, 4.69) is 21.2 Å². The first kappa shape index (κ1) is 14.8. The summed E-state index contributed by atoms with van der Waals surface area (Å²) in [5.41, 5.74) is 6.32. The van der Waals surface area contributed by atoms with Crippen molar-refractivity contribution in [3.05, 3.63) is 22.7 Å². The number of hydrogen-bond donors (Lipinski definition) is 2. The number of hydrogen-bond acceptors (Lipinski definition) is 3. The fraction of sp³-hybridized carbons (Fsp3) is 0.462. The molecule has 2 unspecified atom stereocenters. The number of carbonyl (C=O) groups is 1. The lowest BCUT2D eigenvalue weighted by Gasteiger charge is -2.19. The van der Waals surface area contributed by atoms with E-state index >= 15 is 0 Å². The van der Waals surface area contributed by atoms with Gasteiger partial charge in [0.2, 0.25) is 0 Å². The molecule has 100 valence electrons. The van der Waals surface area contributed by atoms with Crippen LogP contribution in [0.5, 0.6) is 5.75 Å². The molecule has 0 heterocycles. The number of para-hydroxylation sites is 1. The van der Waals surface area contributed by atoms with Crippen LogP contribution in [0.25, 0.3) is 0 Å². The van der Waals surface area contributed by atoms with E-state index < -0.39 is 6.10 Å². The van der Waals surface area contributed by atoms with E-state index in [1.54, 1.807) is 13.0 Å². The van der Waals surface area contributed by atoms with E-state index in [1.807, 2.05) is 26.0 Å². The number of halogens is 1. The Kier molecular flexibility index (Phi) is 5.47. The molecule has 0 spiro atoms. The van der Waals surface area contributed by atoms with Crippen molar-refractivity contribution in [2.24, 2.45) is 0 Å². The lowest BCUT2D eigenvalue weighted by molar-refractivity contribution is -0.127. The summed E-state index contributed by atoms with van der Waals surface area (Å²) >= 11 is 3.35. The number of nitrogens with one attached hydrogen (secondary N) is 1. The van der Waals surface area contributed by atoms with Gasteiger partial charge >= 0.3 is 0 Å². The number of rotatable bonds is 5. The molecular formula is C13H19BrN2O2. The van der Waals surface area contributed by atoms with Crippen LogP contribution in [0.2, 0.25) is 0 Å². The molecule has 0 aliphatic carbocycles. The van der Waals surface area contributed by atoms with Gasteiger partial charge in [-0.3, -0.25) is 4.79 Å². The molecule has 4 nitrogen and oxygen atoms in total. The van der Waals surface area contributed by atoms with Gasteiger partial charge in [0.25, 0.3) is 5.91 Å². The molecule has 1 aromatic rings. The average molecular weight is 315 g/mol. The molecule has 0 saturated heterocycles. The molecule has 0 radical (unpaired) electrons. The summed E-state index contributed by atoms with van der Waals surface area (Å²) in [5.74, 6) is 0.365. The first-order valence-corrected chi connectivity index (χ1v) is 6.76. The summed E-state index contributed by atoms with van der Waals surface area (Å²) in [6.45, 7) is 5.68. The standard InChI is InChI=1S/C13H19BrN2O2/c1-4-8(2)16-13(17)9(3)18-12-10(14)6-5-7-11(12)15/h5-9H,4,15H2,1-3H3,(H,16,17). The third-order valence-electron chi connectivity index (χ3n) is 2.66. The van der Waals surface area contributed by atoms with Crippen LogP contribution in [0.1, 0.15) is 27.2 Å². The Morgan fingerprint density at radius 1 is 1.50 bits per heavy atom. The van der Waals surface area contributed by atoms with Gasteiger partial charge in [-0.15, -0.1) is 0 Å². The zero-order valence-corrected chi connectivity index (χ0v) is 12.5. The summed E-state index contributed by atoms with van der Waals surface area (Å²) in [6, 6.07) is 5.51. The minimum absolute atomic E-state index is 0.139. The largest absolute Gasteiger partial charge is 0.478 e. The van der Waals surface area contributed by atoms with Crippen molar-refractivity contribution in [1.29, 1.82) is 0 Å². The highest BCUT2D eigenvalue weighted by Gasteiger charge is 2.18. The molecule has 0 bridgehead atoms. The van der Waals surface area contributed by atoms with E-state index in [0.29, 0.717) is 11.4 Å². The summed E-state index contributed by atoms with van der Waals surface area (Å²) in [5, 5.41) is 2.87. The summed E-state index contributed by atoms with van der Waals surface area (Å²) in [4.78, 5) is 11.8. The molecule has 1 amide bonds. The predicted molar refractivity (Wildman–Crippen MR) is 76.5 cm³/mol. The molecule has 0 fully saturated rings. The Morgan fingerprint density at radius 2 is 2.17 bits per heavy atom. The second kappa shape index (κ2) is 6.64. The number of ether oxygens (including phenoxy) is 1. The van der Waals surface area contributed by atoms with Gasteiger partial charge in [-0.25, -0.2) is 0 Å². The predicted octanol–water partition coefficient (Wildman–Crippen LogP) is 2.71. The SMILES string of the molecule is CCC(C)NC(=O)C(C)Oc1c(N)cccc1Br. The molecule has 2 atom stereocenters. The molecule has 0 aliphatic heterocycles.